The van der Waals surface area contributed by atoms with Crippen molar-refractivity contribution in [1.29, 1.82) is 0 Å². The summed E-state index contributed by atoms with van der Waals surface area (Å²) in [5.74, 6) is 1.47. The fourth-order valence-corrected chi connectivity index (χ4v) is 7.40. The summed E-state index contributed by atoms with van der Waals surface area (Å²) in [5.41, 5.74) is -0.126. The monoisotopic (exact) mass is 443 g/mol. The Kier molecular flexibility index (Phi) is 4.61. The lowest BCUT2D eigenvalue weighted by Gasteiger charge is -2.56. The van der Waals surface area contributed by atoms with Crippen LogP contribution in [0.4, 0.5) is 4.79 Å². The van der Waals surface area contributed by atoms with Gasteiger partial charge < -0.3 is 10.6 Å². The van der Waals surface area contributed by atoms with Gasteiger partial charge in [-0.05, 0) is 67.4 Å². The molecule has 5 fully saturated rings. The number of hydrogen-bond acceptors (Lipinski definition) is 3. The summed E-state index contributed by atoms with van der Waals surface area (Å²) in [5, 5.41) is 6.21. The highest BCUT2D eigenvalue weighted by Crippen LogP contribution is 2.55. The van der Waals surface area contributed by atoms with Crippen LogP contribution in [0.1, 0.15) is 49.7 Å². The second-order valence-electron chi connectivity index (χ2n) is 10.5. The van der Waals surface area contributed by atoms with Crippen LogP contribution in [-0.2, 0) is 15.1 Å². The van der Waals surface area contributed by atoms with E-state index in [0.717, 1.165) is 24.2 Å². The van der Waals surface area contributed by atoms with E-state index in [2.05, 4.69) is 10.6 Å². The van der Waals surface area contributed by atoms with Crippen LogP contribution in [0, 0.1) is 17.8 Å². The summed E-state index contributed by atoms with van der Waals surface area (Å²) in [6, 6.07) is 18.0. The van der Waals surface area contributed by atoms with E-state index in [-0.39, 0.29) is 18.0 Å². The molecule has 4 aliphatic carbocycles. The van der Waals surface area contributed by atoms with E-state index in [0.29, 0.717) is 28.9 Å². The first-order valence-electron chi connectivity index (χ1n) is 12.0. The number of hydrogen-bond donors (Lipinski definition) is 2. The maximum Gasteiger partial charge on any atom is 0.326 e. The lowest BCUT2D eigenvalue weighted by atomic mass is 9.53. The molecule has 0 radical (unpaired) electrons. The molecule has 6 heteroatoms. The van der Waals surface area contributed by atoms with Crippen LogP contribution in [-0.4, -0.2) is 34.8 Å². The minimum absolute atomic E-state index is 0.152. The number of benzene rings is 2. The average Bonchev–Trinajstić information content (AvgIpc) is 3.04. The molecule has 0 atom stereocenters. The topological polar surface area (TPSA) is 78.5 Å². The molecule has 5 aliphatic rings. The minimum Gasteiger partial charge on any atom is -0.349 e. The van der Waals surface area contributed by atoms with E-state index in [9.17, 15) is 14.4 Å². The van der Waals surface area contributed by atoms with Crippen LogP contribution in [0.3, 0.4) is 0 Å². The van der Waals surface area contributed by atoms with E-state index in [4.69, 9.17) is 0 Å². The van der Waals surface area contributed by atoms with Gasteiger partial charge in [0.05, 0.1) is 0 Å². The standard InChI is InChI=1S/C27H29N3O3/c31-23(28-26-14-18-11-19(15-26)13-20(12-18)16-26)17-30-24(32)27(29-25(30)33,21-7-3-1-4-8-21)22-9-5-2-6-10-22/h1-10,18-20H,11-17H2,(H,28,31)(H,29,33). The Balaban J connectivity index is 1.26. The molecule has 2 aromatic carbocycles. The Labute approximate surface area is 193 Å². The number of rotatable bonds is 5. The normalized spacial score (nSPS) is 31.5. The summed E-state index contributed by atoms with van der Waals surface area (Å²) in [4.78, 5) is 41.1. The van der Waals surface area contributed by atoms with Gasteiger partial charge in [0.2, 0.25) is 5.91 Å². The van der Waals surface area contributed by atoms with Crippen molar-refractivity contribution in [3.63, 3.8) is 0 Å². The van der Waals surface area contributed by atoms with Crippen molar-refractivity contribution in [2.45, 2.75) is 49.6 Å². The van der Waals surface area contributed by atoms with E-state index >= 15 is 0 Å². The molecule has 170 valence electrons. The Morgan fingerprint density at radius 3 is 1.82 bits per heavy atom. The SMILES string of the molecule is O=C(CN1C(=O)NC(c2ccccc2)(c2ccccc2)C1=O)NC12CC3CC(CC(C3)C1)C2. The molecule has 7 rings (SSSR count). The molecule has 33 heavy (non-hydrogen) atoms. The largest absolute Gasteiger partial charge is 0.349 e. The highest BCUT2D eigenvalue weighted by Gasteiger charge is 2.55. The summed E-state index contributed by atoms with van der Waals surface area (Å²) < 4.78 is 0. The fourth-order valence-electron chi connectivity index (χ4n) is 7.40. The van der Waals surface area contributed by atoms with E-state index < -0.39 is 17.5 Å². The van der Waals surface area contributed by atoms with Crippen molar-refractivity contribution in [2.24, 2.45) is 17.8 Å². The average molecular weight is 444 g/mol. The number of urea groups is 1. The zero-order valence-corrected chi connectivity index (χ0v) is 18.6. The third-order valence-corrected chi connectivity index (χ3v) is 8.26. The van der Waals surface area contributed by atoms with Gasteiger partial charge in [0.25, 0.3) is 5.91 Å². The van der Waals surface area contributed by atoms with Crippen LogP contribution >= 0.6 is 0 Å². The van der Waals surface area contributed by atoms with Crippen molar-refractivity contribution in [2.75, 3.05) is 6.54 Å². The highest BCUT2D eigenvalue weighted by molar-refractivity contribution is 6.11. The van der Waals surface area contributed by atoms with Gasteiger partial charge in [0, 0.05) is 5.54 Å². The van der Waals surface area contributed by atoms with Gasteiger partial charge in [0.1, 0.15) is 6.54 Å². The predicted octanol–water partition coefficient (Wildman–Crippen LogP) is 3.57. The van der Waals surface area contributed by atoms with Gasteiger partial charge >= 0.3 is 6.03 Å². The second kappa shape index (κ2) is 7.44. The van der Waals surface area contributed by atoms with Crippen LogP contribution in [0.15, 0.2) is 60.7 Å². The molecule has 2 aromatic rings. The Morgan fingerprint density at radius 1 is 0.848 bits per heavy atom. The molecule has 1 heterocycles. The van der Waals surface area contributed by atoms with Crippen LogP contribution in [0.5, 0.6) is 0 Å². The molecule has 4 saturated carbocycles. The molecule has 1 aliphatic heterocycles. The van der Waals surface area contributed by atoms with Crippen molar-refractivity contribution >= 4 is 17.8 Å². The molecular formula is C27H29N3O3. The third-order valence-electron chi connectivity index (χ3n) is 8.26. The smallest absolute Gasteiger partial charge is 0.326 e. The van der Waals surface area contributed by atoms with Gasteiger partial charge in [-0.1, -0.05) is 60.7 Å². The number of carbonyl (C=O) groups excluding carboxylic acids is 3. The number of imide groups is 1. The first kappa shape index (κ1) is 20.5. The second-order valence-corrected chi connectivity index (χ2v) is 10.5. The molecule has 2 N–H and O–H groups in total. The Morgan fingerprint density at radius 2 is 1.33 bits per heavy atom. The van der Waals surface area contributed by atoms with Gasteiger partial charge in [-0.3, -0.25) is 14.5 Å². The molecule has 0 spiro atoms. The van der Waals surface area contributed by atoms with Crippen molar-refractivity contribution in [3.8, 4) is 0 Å². The lowest BCUT2D eigenvalue weighted by Crippen LogP contribution is -2.61. The number of nitrogens with zero attached hydrogens (tertiary/aromatic N) is 1. The van der Waals surface area contributed by atoms with E-state index in [1.807, 2.05) is 60.7 Å². The Bertz CT molecular complexity index is 1020. The Hall–Kier alpha value is -3.15. The van der Waals surface area contributed by atoms with Crippen molar-refractivity contribution in [1.82, 2.24) is 15.5 Å². The van der Waals surface area contributed by atoms with Crippen LogP contribution < -0.4 is 10.6 Å². The first-order valence-corrected chi connectivity index (χ1v) is 12.0. The fraction of sp³-hybridized carbons (Fsp3) is 0.444. The quantitative estimate of drug-likeness (QED) is 0.694. The van der Waals surface area contributed by atoms with Gasteiger partial charge in [-0.2, -0.15) is 0 Å². The maximum atomic E-state index is 13.8. The highest BCUT2D eigenvalue weighted by atomic mass is 16.2. The molecule has 1 saturated heterocycles. The van der Waals surface area contributed by atoms with Gasteiger partial charge in [0.15, 0.2) is 5.54 Å². The summed E-state index contributed by atoms with van der Waals surface area (Å²) in [6.45, 7) is -0.256. The molecular weight excluding hydrogens is 414 g/mol. The molecule has 4 bridgehead atoms. The minimum atomic E-state index is -1.33. The first-order chi connectivity index (χ1) is 16.0. The van der Waals surface area contributed by atoms with Crippen molar-refractivity contribution < 1.29 is 14.4 Å². The number of nitrogens with one attached hydrogen (secondary N) is 2. The number of amides is 4. The van der Waals surface area contributed by atoms with E-state index in [1.54, 1.807) is 0 Å². The van der Waals surface area contributed by atoms with Gasteiger partial charge in [-0.25, -0.2) is 4.79 Å². The molecule has 0 aromatic heterocycles. The van der Waals surface area contributed by atoms with Gasteiger partial charge in [-0.15, -0.1) is 0 Å². The summed E-state index contributed by atoms with van der Waals surface area (Å²) in [6.07, 6.45) is 6.96. The summed E-state index contributed by atoms with van der Waals surface area (Å²) >= 11 is 0. The lowest BCUT2D eigenvalue weighted by molar-refractivity contribution is -0.136. The third kappa shape index (κ3) is 3.26. The number of carbonyl (C=O) groups is 3. The van der Waals surface area contributed by atoms with Crippen molar-refractivity contribution in [3.05, 3.63) is 71.8 Å². The van der Waals surface area contributed by atoms with E-state index in [1.165, 1.54) is 19.3 Å². The van der Waals surface area contributed by atoms with Crippen LogP contribution in [0.25, 0.3) is 0 Å². The predicted molar refractivity (Wildman–Crippen MR) is 123 cm³/mol. The summed E-state index contributed by atoms with van der Waals surface area (Å²) in [7, 11) is 0. The molecule has 6 nitrogen and oxygen atoms in total. The van der Waals surface area contributed by atoms with Crippen LogP contribution in [0.2, 0.25) is 0 Å². The molecule has 0 unspecified atom stereocenters. The molecule has 4 amide bonds. The zero-order chi connectivity index (χ0) is 22.6. The maximum absolute atomic E-state index is 13.8. The zero-order valence-electron chi connectivity index (χ0n) is 18.6.